The number of rotatable bonds is 13. The van der Waals surface area contributed by atoms with Gasteiger partial charge < -0.3 is 30.9 Å². The van der Waals surface area contributed by atoms with Gasteiger partial charge in [0.15, 0.2) is 5.69 Å². The lowest BCUT2D eigenvalue weighted by molar-refractivity contribution is -0.155. The normalized spacial score (nSPS) is 17.0. The number of carboxylic acids is 1. The van der Waals surface area contributed by atoms with Crippen molar-refractivity contribution in [2.45, 2.75) is 70.3 Å². The molecule has 5 N–H and O–H groups in total. The molecular formula is C32H36F3N5O7. The Balaban J connectivity index is 1.58. The number of piperidine rings is 1. The van der Waals surface area contributed by atoms with Crippen molar-refractivity contribution in [2.75, 3.05) is 6.54 Å². The maximum atomic E-state index is 13.8. The monoisotopic (exact) mass is 659 g/mol. The van der Waals surface area contributed by atoms with Crippen LogP contribution in [0.4, 0.5) is 13.2 Å². The van der Waals surface area contributed by atoms with Crippen LogP contribution < -0.4 is 21.3 Å². The highest BCUT2D eigenvalue weighted by Gasteiger charge is 2.38. The average molecular weight is 660 g/mol. The number of alkyl halides is 3. The molecule has 0 bridgehead atoms. The molecule has 15 heteroatoms. The van der Waals surface area contributed by atoms with E-state index in [2.05, 4.69) is 30.9 Å². The Morgan fingerprint density at radius 2 is 1.68 bits per heavy atom. The molecule has 0 unspecified atom stereocenters. The summed E-state index contributed by atoms with van der Waals surface area (Å²) in [6.45, 7) is 4.05. The molecule has 0 aliphatic carbocycles. The van der Waals surface area contributed by atoms with Crippen molar-refractivity contribution < 1.29 is 46.8 Å². The molecule has 4 amide bonds. The first kappa shape index (κ1) is 34.9. The molecule has 1 aromatic heterocycles. The van der Waals surface area contributed by atoms with Crippen LogP contribution in [0.5, 0.6) is 0 Å². The van der Waals surface area contributed by atoms with E-state index in [1.807, 2.05) is 24.3 Å². The standard InChI is InChI=1S/C32H36F3N5O7/c1-17(2)13-22(28(42)39-25(31(45)46)15-20-10-6-12-36-27(20)41)37-29(43)23(14-19-9-5-8-18-7-3-4-11-21(18)19)38-30(44)24-16-26(47-40-24)32(33,34)35/h3-5,7-9,11,16-17,20,22-23,25H,6,10,12-15H2,1-2H3,(H,36,41)(H,37,43)(H,38,44)(H,39,42)(H,45,46)/t20-,22-,23-,25-/m0/s1. The minimum absolute atomic E-state index is 0.0843. The zero-order valence-electron chi connectivity index (χ0n) is 25.7. The van der Waals surface area contributed by atoms with Crippen LogP contribution in [0.25, 0.3) is 10.8 Å². The zero-order valence-corrected chi connectivity index (χ0v) is 25.7. The van der Waals surface area contributed by atoms with Gasteiger partial charge in [-0.3, -0.25) is 19.2 Å². The van der Waals surface area contributed by atoms with Crippen LogP contribution in [0.3, 0.4) is 0 Å². The topological polar surface area (TPSA) is 180 Å². The highest BCUT2D eigenvalue weighted by Crippen LogP contribution is 2.29. The fraction of sp³-hybridized carbons (Fsp3) is 0.438. The molecule has 1 aliphatic rings. The minimum Gasteiger partial charge on any atom is -0.480 e. The predicted octanol–water partition coefficient (Wildman–Crippen LogP) is 3.20. The summed E-state index contributed by atoms with van der Waals surface area (Å²) in [4.78, 5) is 64.6. The second-order valence-corrected chi connectivity index (χ2v) is 11.9. The minimum atomic E-state index is -4.89. The van der Waals surface area contributed by atoms with Crippen LogP contribution in [0, 0.1) is 11.8 Å². The largest absolute Gasteiger partial charge is 0.480 e. The van der Waals surface area contributed by atoms with Crippen LogP contribution in [0.15, 0.2) is 53.1 Å². The van der Waals surface area contributed by atoms with E-state index < -0.39 is 65.4 Å². The number of hydrogen-bond donors (Lipinski definition) is 5. The highest BCUT2D eigenvalue weighted by molar-refractivity contribution is 5.98. The molecule has 12 nitrogen and oxygen atoms in total. The summed E-state index contributed by atoms with van der Waals surface area (Å²) in [6.07, 6.45) is -3.94. The molecule has 1 aliphatic heterocycles. The summed E-state index contributed by atoms with van der Waals surface area (Å²) in [5, 5.41) is 24.7. The molecule has 0 saturated carbocycles. The Hall–Kier alpha value is -4.95. The molecule has 2 heterocycles. The maximum Gasteiger partial charge on any atom is 0.452 e. The van der Waals surface area contributed by atoms with Crippen LogP contribution in [-0.2, 0) is 31.8 Å². The van der Waals surface area contributed by atoms with E-state index >= 15 is 0 Å². The average Bonchev–Trinajstić information content (AvgIpc) is 3.52. The van der Waals surface area contributed by atoms with Gasteiger partial charge in [0.25, 0.3) is 5.91 Å². The number of aromatic nitrogens is 1. The lowest BCUT2D eigenvalue weighted by Gasteiger charge is -2.28. The number of nitrogens with zero attached hydrogens (tertiary/aromatic N) is 1. The quantitative estimate of drug-likeness (QED) is 0.186. The van der Waals surface area contributed by atoms with Gasteiger partial charge in [0.2, 0.25) is 23.5 Å². The van der Waals surface area contributed by atoms with Crippen molar-refractivity contribution in [1.29, 1.82) is 0 Å². The molecule has 2 aromatic carbocycles. The summed E-state index contributed by atoms with van der Waals surface area (Å²) in [5.41, 5.74) is -0.0817. The summed E-state index contributed by atoms with van der Waals surface area (Å²) >= 11 is 0. The smallest absolute Gasteiger partial charge is 0.452 e. The second-order valence-electron chi connectivity index (χ2n) is 11.9. The molecule has 47 heavy (non-hydrogen) atoms. The van der Waals surface area contributed by atoms with Crippen molar-refractivity contribution in [1.82, 2.24) is 26.4 Å². The fourth-order valence-corrected chi connectivity index (χ4v) is 5.46. The molecule has 4 rings (SSSR count). The number of hydrogen-bond acceptors (Lipinski definition) is 7. The van der Waals surface area contributed by atoms with E-state index in [-0.39, 0.29) is 31.1 Å². The van der Waals surface area contributed by atoms with Gasteiger partial charge in [0, 0.05) is 24.9 Å². The first-order chi connectivity index (χ1) is 22.2. The van der Waals surface area contributed by atoms with Gasteiger partial charge in [0.1, 0.15) is 18.1 Å². The molecular weight excluding hydrogens is 623 g/mol. The zero-order chi connectivity index (χ0) is 34.3. The number of fused-ring (bicyclic) bond motifs is 1. The van der Waals surface area contributed by atoms with Crippen LogP contribution in [0.2, 0.25) is 0 Å². The molecule has 0 spiro atoms. The molecule has 4 atom stereocenters. The Kier molecular flexibility index (Phi) is 11.2. The number of benzene rings is 2. The fourth-order valence-electron chi connectivity index (χ4n) is 5.46. The van der Waals surface area contributed by atoms with E-state index in [9.17, 15) is 42.3 Å². The van der Waals surface area contributed by atoms with Gasteiger partial charge in [-0.1, -0.05) is 61.5 Å². The lowest BCUT2D eigenvalue weighted by atomic mass is 9.91. The Labute approximate surface area is 267 Å². The maximum absolute atomic E-state index is 13.8. The number of nitrogens with one attached hydrogen (secondary N) is 4. The third kappa shape index (κ3) is 9.30. The Morgan fingerprint density at radius 1 is 1.00 bits per heavy atom. The third-order valence-electron chi connectivity index (χ3n) is 7.82. The van der Waals surface area contributed by atoms with Crippen molar-refractivity contribution in [3.8, 4) is 0 Å². The number of carbonyl (C=O) groups is 5. The SMILES string of the molecule is CC(C)C[C@H](NC(=O)[C@H](Cc1cccc2ccccc12)NC(=O)c1cc(C(F)(F)F)on1)C(=O)N[C@@H](C[C@@H]1CCCNC1=O)C(=O)O. The molecule has 3 aromatic rings. The molecule has 1 fully saturated rings. The van der Waals surface area contributed by atoms with Gasteiger partial charge in [0.05, 0.1) is 0 Å². The number of carboxylic acid groups (broad SMARTS) is 1. The number of aliphatic carboxylic acids is 1. The van der Waals surface area contributed by atoms with Crippen molar-refractivity contribution in [3.63, 3.8) is 0 Å². The van der Waals surface area contributed by atoms with Crippen LogP contribution in [-0.4, -0.2) is 64.5 Å². The summed E-state index contributed by atoms with van der Waals surface area (Å²) in [7, 11) is 0. The van der Waals surface area contributed by atoms with Gasteiger partial charge in [-0.15, -0.1) is 0 Å². The first-order valence-electron chi connectivity index (χ1n) is 15.2. The Morgan fingerprint density at radius 3 is 2.34 bits per heavy atom. The van der Waals surface area contributed by atoms with Crippen molar-refractivity contribution >= 4 is 40.4 Å². The Bertz CT molecular complexity index is 1620. The summed E-state index contributed by atoms with van der Waals surface area (Å²) in [6, 6.07) is 8.93. The molecule has 0 radical (unpaired) electrons. The number of amides is 4. The van der Waals surface area contributed by atoms with E-state index in [4.69, 9.17) is 0 Å². The van der Waals surface area contributed by atoms with Crippen molar-refractivity contribution in [2.24, 2.45) is 11.8 Å². The predicted molar refractivity (Wildman–Crippen MR) is 162 cm³/mol. The summed E-state index contributed by atoms with van der Waals surface area (Å²) < 4.78 is 43.5. The van der Waals surface area contributed by atoms with Gasteiger partial charge in [-0.2, -0.15) is 13.2 Å². The van der Waals surface area contributed by atoms with Crippen LogP contribution >= 0.6 is 0 Å². The van der Waals surface area contributed by atoms with E-state index in [0.29, 0.717) is 31.0 Å². The first-order valence-corrected chi connectivity index (χ1v) is 15.2. The number of halogens is 3. The van der Waals surface area contributed by atoms with Gasteiger partial charge >= 0.3 is 12.1 Å². The second kappa shape index (κ2) is 15.1. The molecule has 1 saturated heterocycles. The van der Waals surface area contributed by atoms with E-state index in [1.54, 1.807) is 32.0 Å². The van der Waals surface area contributed by atoms with Gasteiger partial charge in [-0.05, 0) is 47.9 Å². The number of carbonyl (C=O) groups excluding carboxylic acids is 4. The molecule has 252 valence electrons. The summed E-state index contributed by atoms with van der Waals surface area (Å²) in [5.74, 6) is -6.68. The van der Waals surface area contributed by atoms with Gasteiger partial charge in [-0.25, -0.2) is 4.79 Å². The van der Waals surface area contributed by atoms with Crippen molar-refractivity contribution in [3.05, 3.63) is 65.5 Å². The lowest BCUT2D eigenvalue weighted by Crippen LogP contribution is -2.57. The highest BCUT2D eigenvalue weighted by atomic mass is 19.4. The van der Waals surface area contributed by atoms with Crippen LogP contribution in [0.1, 0.15) is 61.3 Å². The van der Waals surface area contributed by atoms with E-state index in [0.717, 1.165) is 10.8 Å². The third-order valence-corrected chi connectivity index (χ3v) is 7.82. The van der Waals surface area contributed by atoms with E-state index in [1.165, 1.54) is 0 Å².